The van der Waals surface area contributed by atoms with Crippen molar-refractivity contribution in [1.29, 1.82) is 0 Å². The van der Waals surface area contributed by atoms with Crippen molar-refractivity contribution < 1.29 is 4.74 Å². The van der Waals surface area contributed by atoms with Crippen molar-refractivity contribution in [3.63, 3.8) is 0 Å². The first kappa shape index (κ1) is 15.3. The highest BCUT2D eigenvalue weighted by molar-refractivity contribution is 4.90. The zero-order valence-electron chi connectivity index (χ0n) is 12.9. The minimum Gasteiger partial charge on any atom is -0.383 e. The monoisotopic (exact) mass is 268 g/mol. The maximum absolute atomic E-state index is 5.14. The van der Waals surface area contributed by atoms with E-state index in [1.807, 2.05) is 0 Å². The second-order valence-corrected chi connectivity index (χ2v) is 6.84. The van der Waals surface area contributed by atoms with Crippen LogP contribution in [0.15, 0.2) is 0 Å². The summed E-state index contributed by atoms with van der Waals surface area (Å²) >= 11 is 0. The molecular formula is C16H32N2O. The van der Waals surface area contributed by atoms with Gasteiger partial charge in [0.15, 0.2) is 0 Å². The predicted molar refractivity (Wildman–Crippen MR) is 80.5 cm³/mol. The molecule has 1 heterocycles. The topological polar surface area (TPSA) is 24.5 Å². The summed E-state index contributed by atoms with van der Waals surface area (Å²) in [7, 11) is 1.78. The molecule has 0 spiro atoms. The van der Waals surface area contributed by atoms with Gasteiger partial charge in [0.2, 0.25) is 0 Å². The Morgan fingerprint density at radius 1 is 1.21 bits per heavy atom. The molecule has 0 aromatic rings. The molecular weight excluding hydrogens is 236 g/mol. The maximum Gasteiger partial charge on any atom is 0.0587 e. The normalized spacial score (nSPS) is 32.8. The van der Waals surface area contributed by atoms with Crippen LogP contribution in [0.4, 0.5) is 0 Å². The third kappa shape index (κ3) is 4.73. The molecule has 1 aliphatic carbocycles. The molecule has 112 valence electrons. The highest BCUT2D eigenvalue weighted by atomic mass is 16.5. The minimum atomic E-state index is 0.532. The Morgan fingerprint density at radius 3 is 2.53 bits per heavy atom. The highest BCUT2D eigenvalue weighted by Gasteiger charge is 2.35. The number of nitrogens with one attached hydrogen (secondary N) is 1. The number of rotatable bonds is 7. The maximum atomic E-state index is 5.14. The van der Waals surface area contributed by atoms with E-state index in [0.29, 0.717) is 5.41 Å². The van der Waals surface area contributed by atoms with Crippen molar-refractivity contribution in [3.8, 4) is 0 Å². The van der Waals surface area contributed by atoms with E-state index in [1.165, 1.54) is 64.7 Å². The zero-order valence-corrected chi connectivity index (χ0v) is 12.9. The first-order chi connectivity index (χ1) is 9.24. The lowest BCUT2D eigenvalue weighted by molar-refractivity contribution is 0.0949. The summed E-state index contributed by atoms with van der Waals surface area (Å²) in [6, 6.07) is 0. The number of likely N-dealkylation sites (tertiary alicyclic amines) is 1. The molecule has 2 fully saturated rings. The first-order valence-electron chi connectivity index (χ1n) is 8.16. The van der Waals surface area contributed by atoms with Gasteiger partial charge in [-0.15, -0.1) is 0 Å². The van der Waals surface area contributed by atoms with Crippen LogP contribution in [0, 0.1) is 11.3 Å². The van der Waals surface area contributed by atoms with Crippen molar-refractivity contribution in [3.05, 3.63) is 0 Å². The predicted octanol–water partition coefficient (Wildman–Crippen LogP) is 2.51. The standard InChI is InChI=1S/C16H32N2O/c1-15-5-7-16(8-6-15,13-17-9-12-19-2)14-18-10-3-4-11-18/h15,17H,3-14H2,1-2H3. The molecule has 19 heavy (non-hydrogen) atoms. The molecule has 0 amide bonds. The van der Waals surface area contributed by atoms with E-state index in [9.17, 15) is 0 Å². The SMILES string of the molecule is COCCNCC1(CN2CCCC2)CCC(C)CC1. The fourth-order valence-corrected chi connectivity index (χ4v) is 3.71. The largest absolute Gasteiger partial charge is 0.383 e. The summed E-state index contributed by atoms with van der Waals surface area (Å²) in [6.45, 7) is 9.39. The molecule has 1 saturated heterocycles. The number of ether oxygens (including phenoxy) is 1. The Hall–Kier alpha value is -0.120. The fourth-order valence-electron chi connectivity index (χ4n) is 3.71. The summed E-state index contributed by atoms with van der Waals surface area (Å²) in [6.07, 6.45) is 8.46. The smallest absolute Gasteiger partial charge is 0.0587 e. The van der Waals surface area contributed by atoms with Crippen molar-refractivity contribution in [2.45, 2.75) is 45.4 Å². The fraction of sp³-hybridized carbons (Fsp3) is 1.00. The van der Waals surface area contributed by atoms with E-state index in [-0.39, 0.29) is 0 Å². The Balaban J connectivity index is 1.84. The van der Waals surface area contributed by atoms with Gasteiger partial charge in [-0.3, -0.25) is 0 Å². The highest BCUT2D eigenvalue weighted by Crippen LogP contribution is 2.39. The van der Waals surface area contributed by atoms with Crippen molar-refractivity contribution >= 4 is 0 Å². The van der Waals surface area contributed by atoms with Gasteiger partial charge in [0, 0.05) is 26.7 Å². The van der Waals surface area contributed by atoms with Gasteiger partial charge in [-0.1, -0.05) is 19.8 Å². The van der Waals surface area contributed by atoms with E-state index in [0.717, 1.165) is 19.1 Å². The molecule has 0 aromatic heterocycles. The quantitative estimate of drug-likeness (QED) is 0.718. The lowest BCUT2D eigenvalue weighted by atomic mass is 9.70. The van der Waals surface area contributed by atoms with Gasteiger partial charge in [0.1, 0.15) is 0 Å². The summed E-state index contributed by atoms with van der Waals surface area (Å²) in [4.78, 5) is 2.70. The Bertz CT molecular complexity index is 243. The summed E-state index contributed by atoms with van der Waals surface area (Å²) in [5.41, 5.74) is 0.532. The van der Waals surface area contributed by atoms with Crippen LogP contribution in [0.25, 0.3) is 0 Å². The lowest BCUT2D eigenvalue weighted by Crippen LogP contribution is -2.46. The zero-order chi connectivity index (χ0) is 13.6. The van der Waals surface area contributed by atoms with Crippen LogP contribution in [0.1, 0.15) is 45.4 Å². The van der Waals surface area contributed by atoms with E-state index in [4.69, 9.17) is 4.74 Å². The number of nitrogens with zero attached hydrogens (tertiary/aromatic N) is 1. The van der Waals surface area contributed by atoms with Gasteiger partial charge in [0.25, 0.3) is 0 Å². The van der Waals surface area contributed by atoms with Gasteiger partial charge in [-0.05, 0) is 50.1 Å². The Morgan fingerprint density at radius 2 is 1.89 bits per heavy atom. The van der Waals surface area contributed by atoms with Crippen LogP contribution in [0.2, 0.25) is 0 Å². The molecule has 0 bridgehead atoms. The average Bonchev–Trinajstić information content (AvgIpc) is 2.91. The van der Waals surface area contributed by atoms with Crippen LogP contribution in [0.5, 0.6) is 0 Å². The molecule has 1 N–H and O–H groups in total. The van der Waals surface area contributed by atoms with Gasteiger partial charge >= 0.3 is 0 Å². The number of hydrogen-bond donors (Lipinski definition) is 1. The average molecular weight is 268 g/mol. The molecule has 2 aliphatic rings. The van der Waals surface area contributed by atoms with Crippen LogP contribution >= 0.6 is 0 Å². The van der Waals surface area contributed by atoms with Gasteiger partial charge in [-0.2, -0.15) is 0 Å². The van der Waals surface area contributed by atoms with E-state index < -0.39 is 0 Å². The van der Waals surface area contributed by atoms with Crippen molar-refractivity contribution in [2.75, 3.05) is 46.4 Å². The Kier molecular flexibility index (Phi) is 6.11. The summed E-state index contributed by atoms with van der Waals surface area (Å²) < 4.78 is 5.14. The number of hydrogen-bond acceptors (Lipinski definition) is 3. The minimum absolute atomic E-state index is 0.532. The summed E-state index contributed by atoms with van der Waals surface area (Å²) in [5, 5.41) is 3.63. The molecule has 3 heteroatoms. The van der Waals surface area contributed by atoms with Gasteiger partial charge in [0.05, 0.1) is 6.61 Å². The van der Waals surface area contributed by atoms with Gasteiger partial charge in [-0.25, -0.2) is 0 Å². The van der Waals surface area contributed by atoms with Crippen LogP contribution in [0.3, 0.4) is 0 Å². The lowest BCUT2D eigenvalue weighted by Gasteiger charge is -2.42. The molecule has 0 atom stereocenters. The number of methoxy groups -OCH3 is 1. The second kappa shape index (κ2) is 7.61. The van der Waals surface area contributed by atoms with Crippen molar-refractivity contribution in [1.82, 2.24) is 10.2 Å². The van der Waals surface area contributed by atoms with Crippen LogP contribution < -0.4 is 5.32 Å². The molecule has 3 nitrogen and oxygen atoms in total. The van der Waals surface area contributed by atoms with Gasteiger partial charge < -0.3 is 15.0 Å². The molecule has 0 unspecified atom stereocenters. The molecule has 0 aromatic carbocycles. The third-order valence-corrected chi connectivity index (χ3v) is 5.08. The first-order valence-corrected chi connectivity index (χ1v) is 8.16. The van der Waals surface area contributed by atoms with Crippen LogP contribution in [-0.2, 0) is 4.74 Å². The second-order valence-electron chi connectivity index (χ2n) is 6.84. The summed E-state index contributed by atoms with van der Waals surface area (Å²) in [5.74, 6) is 0.936. The molecule has 2 rings (SSSR count). The van der Waals surface area contributed by atoms with E-state index in [2.05, 4.69) is 17.1 Å². The van der Waals surface area contributed by atoms with E-state index >= 15 is 0 Å². The molecule has 1 aliphatic heterocycles. The van der Waals surface area contributed by atoms with Crippen LogP contribution in [-0.4, -0.2) is 51.3 Å². The van der Waals surface area contributed by atoms with E-state index in [1.54, 1.807) is 7.11 Å². The third-order valence-electron chi connectivity index (χ3n) is 5.08. The Labute approximate surface area is 119 Å². The van der Waals surface area contributed by atoms with Crippen molar-refractivity contribution in [2.24, 2.45) is 11.3 Å². The molecule has 1 saturated carbocycles. The molecule has 0 radical (unpaired) electrons.